The van der Waals surface area contributed by atoms with Crippen LogP contribution in [0.5, 0.6) is 5.75 Å². The molecule has 0 aliphatic carbocycles. The quantitative estimate of drug-likeness (QED) is 0.593. The van der Waals surface area contributed by atoms with Crippen LogP contribution < -0.4 is 4.74 Å². The fourth-order valence-electron chi connectivity index (χ4n) is 2.56. The Bertz CT molecular complexity index is 449. The zero-order valence-corrected chi connectivity index (χ0v) is 11.4. The first-order valence-corrected chi connectivity index (χ1v) is 6.44. The Balaban J connectivity index is 2.32. The third kappa shape index (κ3) is 2.53. The molecule has 0 amide bonds. The van der Waals surface area contributed by atoms with Gasteiger partial charge in [-0.05, 0) is 18.6 Å². The summed E-state index contributed by atoms with van der Waals surface area (Å²) < 4.78 is 10.2. The van der Waals surface area contributed by atoms with Crippen LogP contribution in [0.2, 0.25) is 0 Å². The number of aliphatic hydroxyl groups is 4. The van der Waals surface area contributed by atoms with Gasteiger partial charge in [0.1, 0.15) is 23.6 Å². The predicted molar refractivity (Wildman–Crippen MR) is 70.2 cm³/mol. The molecule has 2 rings (SSSR count). The molecule has 6 heteroatoms. The molecule has 5 atom stereocenters. The van der Waals surface area contributed by atoms with E-state index in [1.165, 1.54) is 14.0 Å². The van der Waals surface area contributed by atoms with E-state index in [4.69, 9.17) is 9.47 Å². The standard InChI is InChI=1S/C14H20O6/c1-8-11(15)14(18,12(16)13(17)20-8)7-9-5-3-4-6-10(9)19-2/h3-6,8,11-13,15-18H,7H2,1-2H3/t8-,11+,12+,13+,14+/m1/s1. The summed E-state index contributed by atoms with van der Waals surface area (Å²) in [7, 11) is 1.50. The summed E-state index contributed by atoms with van der Waals surface area (Å²) in [6, 6.07) is 6.99. The van der Waals surface area contributed by atoms with Gasteiger partial charge in [0.05, 0.1) is 13.2 Å². The minimum atomic E-state index is -1.91. The molecule has 112 valence electrons. The van der Waals surface area contributed by atoms with Crippen LogP contribution in [0.25, 0.3) is 0 Å². The highest BCUT2D eigenvalue weighted by Crippen LogP contribution is 2.34. The van der Waals surface area contributed by atoms with E-state index in [-0.39, 0.29) is 6.42 Å². The van der Waals surface area contributed by atoms with Crippen molar-refractivity contribution in [3.8, 4) is 5.75 Å². The third-order valence-corrected chi connectivity index (χ3v) is 3.76. The maximum Gasteiger partial charge on any atom is 0.184 e. The predicted octanol–water partition coefficient (Wildman–Crippen LogP) is -0.572. The van der Waals surface area contributed by atoms with Crippen molar-refractivity contribution in [2.24, 2.45) is 0 Å². The maximum absolute atomic E-state index is 10.6. The zero-order chi connectivity index (χ0) is 14.9. The van der Waals surface area contributed by atoms with Gasteiger partial charge in [0.2, 0.25) is 0 Å². The SMILES string of the molecule is COc1ccccc1C[C@]1(O)[C@@H](O)[C@@H](C)O[C@H](O)[C@@H]1O. The summed E-state index contributed by atoms with van der Waals surface area (Å²) in [6.07, 6.45) is -5.35. The summed E-state index contributed by atoms with van der Waals surface area (Å²) in [4.78, 5) is 0. The van der Waals surface area contributed by atoms with Crippen LogP contribution in [0, 0.1) is 0 Å². The molecular formula is C14H20O6. The Hall–Kier alpha value is -1.18. The molecule has 0 unspecified atom stereocenters. The minimum Gasteiger partial charge on any atom is -0.496 e. The van der Waals surface area contributed by atoms with Crippen molar-refractivity contribution in [3.05, 3.63) is 29.8 Å². The average Bonchev–Trinajstić information content (AvgIpc) is 2.44. The van der Waals surface area contributed by atoms with E-state index >= 15 is 0 Å². The second-order valence-electron chi connectivity index (χ2n) is 5.10. The summed E-state index contributed by atoms with van der Waals surface area (Å²) in [5.41, 5.74) is -1.29. The molecule has 0 saturated carbocycles. The molecule has 1 heterocycles. The average molecular weight is 284 g/mol. The molecule has 20 heavy (non-hydrogen) atoms. The van der Waals surface area contributed by atoms with Gasteiger partial charge in [-0.2, -0.15) is 0 Å². The van der Waals surface area contributed by atoms with Crippen LogP contribution >= 0.6 is 0 Å². The topological polar surface area (TPSA) is 99.4 Å². The lowest BCUT2D eigenvalue weighted by atomic mass is 9.79. The lowest BCUT2D eigenvalue weighted by Gasteiger charge is -2.46. The summed E-state index contributed by atoms with van der Waals surface area (Å²) in [6.45, 7) is 1.52. The van der Waals surface area contributed by atoms with E-state index in [9.17, 15) is 20.4 Å². The van der Waals surface area contributed by atoms with Gasteiger partial charge in [-0.1, -0.05) is 18.2 Å². The fraction of sp³-hybridized carbons (Fsp3) is 0.571. The molecule has 1 saturated heterocycles. The van der Waals surface area contributed by atoms with Crippen molar-refractivity contribution >= 4 is 0 Å². The molecule has 0 bridgehead atoms. The second kappa shape index (κ2) is 5.67. The number of methoxy groups -OCH3 is 1. The molecule has 1 fully saturated rings. The number of rotatable bonds is 3. The highest BCUT2D eigenvalue weighted by Gasteiger charge is 2.53. The first-order chi connectivity index (χ1) is 9.40. The Morgan fingerprint density at radius 1 is 1.20 bits per heavy atom. The van der Waals surface area contributed by atoms with Crippen LogP contribution in [0.3, 0.4) is 0 Å². The summed E-state index contributed by atoms with van der Waals surface area (Å²) in [5.74, 6) is 0.536. The monoisotopic (exact) mass is 284 g/mol. The van der Waals surface area contributed by atoms with Crippen molar-refractivity contribution in [1.82, 2.24) is 0 Å². The third-order valence-electron chi connectivity index (χ3n) is 3.76. The Labute approximate surface area is 117 Å². The molecule has 1 aliphatic rings. The highest BCUT2D eigenvalue weighted by atomic mass is 16.6. The first kappa shape index (κ1) is 15.2. The number of aliphatic hydroxyl groups excluding tert-OH is 3. The molecule has 1 aromatic rings. The largest absolute Gasteiger partial charge is 0.496 e. The van der Waals surface area contributed by atoms with Crippen LogP contribution in [0.1, 0.15) is 12.5 Å². The maximum atomic E-state index is 10.6. The van der Waals surface area contributed by atoms with Crippen molar-refractivity contribution in [2.75, 3.05) is 7.11 Å². The van der Waals surface area contributed by atoms with Gasteiger partial charge in [-0.3, -0.25) is 0 Å². The molecule has 1 aromatic carbocycles. The molecule has 4 N–H and O–H groups in total. The van der Waals surface area contributed by atoms with E-state index in [2.05, 4.69) is 0 Å². The lowest BCUT2D eigenvalue weighted by molar-refractivity contribution is -0.313. The van der Waals surface area contributed by atoms with E-state index < -0.39 is 30.2 Å². The van der Waals surface area contributed by atoms with Crippen molar-refractivity contribution < 1.29 is 29.9 Å². The smallest absolute Gasteiger partial charge is 0.184 e. The van der Waals surface area contributed by atoms with Crippen LogP contribution in [-0.4, -0.2) is 57.7 Å². The van der Waals surface area contributed by atoms with Gasteiger partial charge >= 0.3 is 0 Å². The fourth-order valence-corrected chi connectivity index (χ4v) is 2.56. The van der Waals surface area contributed by atoms with Gasteiger partial charge in [0, 0.05) is 6.42 Å². The van der Waals surface area contributed by atoms with Crippen molar-refractivity contribution in [2.45, 2.75) is 43.5 Å². The number of hydrogen-bond acceptors (Lipinski definition) is 6. The van der Waals surface area contributed by atoms with Gasteiger partial charge in [0.15, 0.2) is 6.29 Å². The Morgan fingerprint density at radius 3 is 2.50 bits per heavy atom. The van der Waals surface area contributed by atoms with E-state index in [1.54, 1.807) is 24.3 Å². The first-order valence-electron chi connectivity index (χ1n) is 6.44. The summed E-state index contributed by atoms with van der Waals surface area (Å²) in [5, 5.41) is 40.4. The lowest BCUT2D eigenvalue weighted by Crippen LogP contribution is -2.66. The zero-order valence-electron chi connectivity index (χ0n) is 11.4. The molecule has 1 aliphatic heterocycles. The van der Waals surface area contributed by atoms with Crippen molar-refractivity contribution in [3.63, 3.8) is 0 Å². The van der Waals surface area contributed by atoms with E-state index in [0.717, 1.165) is 0 Å². The Kier molecular flexibility index (Phi) is 4.31. The van der Waals surface area contributed by atoms with Crippen LogP contribution in [0.15, 0.2) is 24.3 Å². The summed E-state index contributed by atoms with van der Waals surface area (Å²) >= 11 is 0. The molecule has 0 aromatic heterocycles. The second-order valence-corrected chi connectivity index (χ2v) is 5.10. The Morgan fingerprint density at radius 2 is 1.85 bits per heavy atom. The van der Waals surface area contributed by atoms with Gasteiger partial charge in [-0.15, -0.1) is 0 Å². The molecule has 0 spiro atoms. The van der Waals surface area contributed by atoms with Gasteiger partial charge < -0.3 is 29.9 Å². The van der Waals surface area contributed by atoms with Gasteiger partial charge in [-0.25, -0.2) is 0 Å². The van der Waals surface area contributed by atoms with Crippen LogP contribution in [-0.2, 0) is 11.2 Å². The highest BCUT2D eigenvalue weighted by molar-refractivity contribution is 5.35. The van der Waals surface area contributed by atoms with E-state index in [1.807, 2.05) is 0 Å². The molecular weight excluding hydrogens is 264 g/mol. The number of para-hydroxylation sites is 1. The van der Waals surface area contributed by atoms with Crippen LogP contribution in [0.4, 0.5) is 0 Å². The normalized spacial score (nSPS) is 37.7. The van der Waals surface area contributed by atoms with Gasteiger partial charge in [0.25, 0.3) is 0 Å². The molecule has 0 radical (unpaired) electrons. The van der Waals surface area contributed by atoms with E-state index in [0.29, 0.717) is 11.3 Å². The molecule has 6 nitrogen and oxygen atoms in total. The number of ether oxygens (including phenoxy) is 2. The number of benzene rings is 1. The van der Waals surface area contributed by atoms with Crippen molar-refractivity contribution in [1.29, 1.82) is 0 Å². The minimum absolute atomic E-state index is 0.0654. The number of hydrogen-bond donors (Lipinski definition) is 4.